The van der Waals surface area contributed by atoms with Crippen LogP contribution in [0.1, 0.15) is 51.1 Å². The highest BCUT2D eigenvalue weighted by Gasteiger charge is 2.22. The molecule has 0 radical (unpaired) electrons. The lowest BCUT2D eigenvalue weighted by Crippen LogP contribution is -2.39. The van der Waals surface area contributed by atoms with Crippen molar-refractivity contribution >= 4 is 11.8 Å². The minimum Gasteiger partial charge on any atom is -0.480 e. The van der Waals surface area contributed by atoms with E-state index in [9.17, 15) is 14.7 Å². The van der Waals surface area contributed by atoms with Gasteiger partial charge in [0.2, 0.25) is 0 Å². The molecule has 0 spiro atoms. The molecule has 0 bridgehead atoms. The van der Waals surface area contributed by atoms with E-state index >= 15 is 0 Å². The van der Waals surface area contributed by atoms with Gasteiger partial charge in [-0.3, -0.25) is 14.9 Å². The van der Waals surface area contributed by atoms with E-state index in [1.807, 2.05) is 44.2 Å². The Morgan fingerprint density at radius 2 is 1.90 bits per heavy atom. The van der Waals surface area contributed by atoms with Crippen LogP contribution < -0.4 is 5.32 Å². The summed E-state index contributed by atoms with van der Waals surface area (Å²) in [6.07, 6.45) is 2.27. The monoisotopic (exact) mass is 277 g/mol. The second kappa shape index (κ2) is 8.48. The number of rotatable bonds is 9. The number of carbonyl (C=O) groups excluding carboxylic acids is 1. The van der Waals surface area contributed by atoms with Crippen LogP contribution in [0.4, 0.5) is 0 Å². The molecular weight excluding hydrogens is 254 g/mol. The van der Waals surface area contributed by atoms with Crippen molar-refractivity contribution in [3.8, 4) is 0 Å². The van der Waals surface area contributed by atoms with Crippen molar-refractivity contribution in [1.82, 2.24) is 5.32 Å². The minimum atomic E-state index is -0.974. The average molecular weight is 277 g/mol. The van der Waals surface area contributed by atoms with Crippen LogP contribution in [0, 0.1) is 0 Å². The molecule has 0 aliphatic heterocycles. The number of unbranched alkanes of at least 4 members (excludes halogenated alkanes) is 1. The predicted octanol–water partition coefficient (Wildman–Crippen LogP) is 2.94. The summed E-state index contributed by atoms with van der Waals surface area (Å²) < 4.78 is 0. The highest BCUT2D eigenvalue weighted by Crippen LogP contribution is 2.13. The van der Waals surface area contributed by atoms with E-state index in [0.717, 1.165) is 18.4 Å². The Kier molecular flexibility index (Phi) is 6.94. The molecule has 0 heterocycles. The van der Waals surface area contributed by atoms with Crippen molar-refractivity contribution in [2.45, 2.75) is 51.6 Å². The molecule has 1 rings (SSSR count). The standard InChI is InChI=1S/C16H23NO3/c1-3-4-10-14(18)11-15(16(19)20)17-12(2)13-8-6-5-7-9-13/h5-9,12,15,17H,3-4,10-11H2,1-2H3,(H,19,20)/t12-,15-/m0/s1. The normalized spacial score (nSPS) is 13.7. The fourth-order valence-electron chi connectivity index (χ4n) is 2.06. The SMILES string of the molecule is CCCCC(=O)C[C@H](N[C@@H](C)c1ccccc1)C(=O)O. The molecule has 1 aromatic rings. The maximum atomic E-state index is 11.7. The third kappa shape index (κ3) is 5.53. The summed E-state index contributed by atoms with van der Waals surface area (Å²) in [5.41, 5.74) is 1.01. The fourth-order valence-corrected chi connectivity index (χ4v) is 2.06. The number of aliphatic carboxylic acids is 1. The van der Waals surface area contributed by atoms with Crippen molar-refractivity contribution in [3.05, 3.63) is 35.9 Å². The second-order valence-electron chi connectivity index (χ2n) is 5.04. The van der Waals surface area contributed by atoms with Crippen LogP contribution in [-0.2, 0) is 9.59 Å². The Hall–Kier alpha value is -1.68. The van der Waals surface area contributed by atoms with Crippen molar-refractivity contribution in [2.75, 3.05) is 0 Å². The Morgan fingerprint density at radius 3 is 2.45 bits per heavy atom. The molecule has 4 nitrogen and oxygen atoms in total. The average Bonchev–Trinajstić information content (AvgIpc) is 2.45. The molecule has 0 fully saturated rings. The Balaban J connectivity index is 2.59. The van der Waals surface area contributed by atoms with Crippen molar-refractivity contribution in [2.24, 2.45) is 0 Å². The molecular formula is C16H23NO3. The number of carboxylic acid groups (broad SMARTS) is 1. The first-order chi connectivity index (χ1) is 9.54. The second-order valence-corrected chi connectivity index (χ2v) is 5.04. The summed E-state index contributed by atoms with van der Waals surface area (Å²) >= 11 is 0. The lowest BCUT2D eigenvalue weighted by molar-refractivity contribution is -0.141. The van der Waals surface area contributed by atoms with Gasteiger partial charge in [-0.1, -0.05) is 43.7 Å². The maximum absolute atomic E-state index is 11.7. The van der Waals surface area contributed by atoms with Gasteiger partial charge in [-0.15, -0.1) is 0 Å². The smallest absolute Gasteiger partial charge is 0.321 e. The number of Topliss-reactive ketones (excluding diaryl/α,β-unsaturated/α-hetero) is 1. The van der Waals surface area contributed by atoms with Crippen molar-refractivity contribution in [1.29, 1.82) is 0 Å². The lowest BCUT2D eigenvalue weighted by atomic mass is 10.0. The van der Waals surface area contributed by atoms with Gasteiger partial charge in [-0.2, -0.15) is 0 Å². The Labute approximate surface area is 120 Å². The van der Waals surface area contributed by atoms with Gasteiger partial charge in [-0.25, -0.2) is 0 Å². The first kappa shape index (κ1) is 16.4. The Bertz CT molecular complexity index is 431. The first-order valence-corrected chi connectivity index (χ1v) is 7.10. The number of nitrogens with one attached hydrogen (secondary N) is 1. The van der Waals surface area contributed by atoms with Crippen LogP contribution in [0.2, 0.25) is 0 Å². The van der Waals surface area contributed by atoms with Crippen LogP contribution in [-0.4, -0.2) is 22.9 Å². The number of hydrogen-bond donors (Lipinski definition) is 2. The van der Waals surface area contributed by atoms with Gasteiger partial charge in [-0.05, 0) is 18.9 Å². The largest absolute Gasteiger partial charge is 0.480 e. The summed E-state index contributed by atoms with van der Waals surface area (Å²) in [5, 5.41) is 12.2. The Morgan fingerprint density at radius 1 is 1.25 bits per heavy atom. The molecule has 1 aromatic carbocycles. The van der Waals surface area contributed by atoms with Gasteiger partial charge in [0, 0.05) is 18.9 Å². The van der Waals surface area contributed by atoms with E-state index in [1.165, 1.54) is 0 Å². The van der Waals surface area contributed by atoms with Crippen LogP contribution >= 0.6 is 0 Å². The maximum Gasteiger partial charge on any atom is 0.321 e. The molecule has 0 saturated carbocycles. The number of hydrogen-bond acceptors (Lipinski definition) is 3. The molecule has 2 atom stereocenters. The number of carboxylic acids is 1. The van der Waals surface area contributed by atoms with E-state index in [-0.39, 0.29) is 18.2 Å². The van der Waals surface area contributed by atoms with Crippen molar-refractivity contribution in [3.63, 3.8) is 0 Å². The third-order valence-electron chi connectivity index (χ3n) is 3.29. The molecule has 0 aliphatic carbocycles. The molecule has 0 aromatic heterocycles. The molecule has 110 valence electrons. The lowest BCUT2D eigenvalue weighted by Gasteiger charge is -2.20. The minimum absolute atomic E-state index is 0.00649. The quantitative estimate of drug-likeness (QED) is 0.728. The summed E-state index contributed by atoms with van der Waals surface area (Å²) in [7, 11) is 0. The molecule has 20 heavy (non-hydrogen) atoms. The van der Waals surface area contributed by atoms with Gasteiger partial charge in [0.25, 0.3) is 0 Å². The zero-order valence-corrected chi connectivity index (χ0v) is 12.1. The number of ketones is 1. The van der Waals surface area contributed by atoms with E-state index in [2.05, 4.69) is 5.32 Å². The van der Waals surface area contributed by atoms with Crippen molar-refractivity contribution < 1.29 is 14.7 Å². The van der Waals surface area contributed by atoms with Crippen LogP contribution in [0.25, 0.3) is 0 Å². The van der Waals surface area contributed by atoms with Gasteiger partial charge >= 0.3 is 5.97 Å². The predicted molar refractivity (Wildman–Crippen MR) is 78.6 cm³/mol. The molecule has 0 amide bonds. The zero-order valence-electron chi connectivity index (χ0n) is 12.1. The number of carbonyl (C=O) groups is 2. The van der Waals surface area contributed by atoms with E-state index in [4.69, 9.17) is 0 Å². The fraction of sp³-hybridized carbons (Fsp3) is 0.500. The first-order valence-electron chi connectivity index (χ1n) is 7.10. The summed E-state index contributed by atoms with van der Waals surface area (Å²) in [5.74, 6) is -0.968. The highest BCUT2D eigenvalue weighted by molar-refractivity contribution is 5.85. The molecule has 0 aliphatic rings. The zero-order chi connectivity index (χ0) is 15.0. The van der Waals surface area contributed by atoms with Gasteiger partial charge in [0.1, 0.15) is 11.8 Å². The van der Waals surface area contributed by atoms with E-state index < -0.39 is 12.0 Å². The summed E-state index contributed by atoms with van der Waals surface area (Å²) in [4.78, 5) is 23.0. The van der Waals surface area contributed by atoms with Crippen LogP contribution in [0.15, 0.2) is 30.3 Å². The highest BCUT2D eigenvalue weighted by atomic mass is 16.4. The molecule has 2 N–H and O–H groups in total. The van der Waals surface area contributed by atoms with Gasteiger partial charge in [0.15, 0.2) is 0 Å². The summed E-state index contributed by atoms with van der Waals surface area (Å²) in [6.45, 7) is 3.92. The molecule has 0 unspecified atom stereocenters. The van der Waals surface area contributed by atoms with Crippen LogP contribution in [0.3, 0.4) is 0 Å². The number of benzene rings is 1. The molecule has 0 saturated heterocycles. The van der Waals surface area contributed by atoms with E-state index in [1.54, 1.807) is 0 Å². The van der Waals surface area contributed by atoms with E-state index in [0.29, 0.717) is 6.42 Å². The van der Waals surface area contributed by atoms with Gasteiger partial charge in [0.05, 0.1) is 0 Å². The molecule has 4 heteroatoms. The van der Waals surface area contributed by atoms with Gasteiger partial charge < -0.3 is 5.11 Å². The third-order valence-corrected chi connectivity index (χ3v) is 3.29. The summed E-state index contributed by atoms with van der Waals surface area (Å²) in [6, 6.07) is 8.70. The van der Waals surface area contributed by atoms with Crippen LogP contribution in [0.5, 0.6) is 0 Å². The topological polar surface area (TPSA) is 66.4 Å².